The van der Waals surface area contributed by atoms with E-state index in [1.165, 1.54) is 17.3 Å². The molecule has 0 radical (unpaired) electrons. The minimum atomic E-state index is -2.72. The molecular weight excluding hydrogens is 593 g/mol. The Bertz CT molecular complexity index is 1370. The molecule has 8 nitrogen and oxygen atoms in total. The summed E-state index contributed by atoms with van der Waals surface area (Å²) in [6.45, 7) is 11.5. The van der Waals surface area contributed by atoms with Crippen LogP contribution >= 0.6 is 36.4 Å². The van der Waals surface area contributed by atoms with Crippen LogP contribution < -0.4 is 20.7 Å². The second kappa shape index (κ2) is 14.5. The molecule has 1 saturated heterocycles. The highest BCUT2D eigenvalue weighted by molar-refractivity contribution is 7.73. The van der Waals surface area contributed by atoms with Gasteiger partial charge in [0.25, 0.3) is 0 Å². The molecule has 0 saturated carbocycles. The van der Waals surface area contributed by atoms with Crippen molar-refractivity contribution in [2.45, 2.75) is 64.2 Å². The van der Waals surface area contributed by atoms with Crippen molar-refractivity contribution in [2.75, 3.05) is 23.7 Å². The second-order valence-corrected chi connectivity index (χ2v) is 12.4. The second-order valence-electron chi connectivity index (χ2n) is 10.4. The summed E-state index contributed by atoms with van der Waals surface area (Å²) in [6, 6.07) is 11.5. The number of rotatable bonds is 9. The van der Waals surface area contributed by atoms with E-state index in [9.17, 15) is 8.42 Å². The van der Waals surface area contributed by atoms with Crippen molar-refractivity contribution in [3.8, 4) is 5.75 Å². The van der Waals surface area contributed by atoms with E-state index >= 15 is 0 Å². The molecule has 1 aliphatic rings. The molecule has 0 bridgehead atoms. The van der Waals surface area contributed by atoms with Gasteiger partial charge in [-0.25, -0.2) is 13.4 Å². The van der Waals surface area contributed by atoms with E-state index in [0.29, 0.717) is 34.0 Å². The molecule has 0 aliphatic carbocycles. The molecule has 4 rings (SSSR count). The van der Waals surface area contributed by atoms with E-state index in [1.807, 2.05) is 26.0 Å². The molecule has 1 aliphatic heterocycles. The van der Waals surface area contributed by atoms with Gasteiger partial charge in [-0.1, -0.05) is 29.8 Å². The molecule has 40 heavy (non-hydrogen) atoms. The average Bonchev–Trinajstić information content (AvgIpc) is 2.88. The molecule has 220 valence electrons. The third-order valence-corrected chi connectivity index (χ3v) is 8.23. The first-order chi connectivity index (χ1) is 18.1. The van der Waals surface area contributed by atoms with Gasteiger partial charge in [0.1, 0.15) is 21.5 Å². The number of hydrogen-bond donors (Lipinski definition) is 4. The Morgan fingerprint density at radius 2 is 1.75 bits per heavy atom. The number of para-hydroxylation sites is 1. The predicted octanol–water partition coefficient (Wildman–Crippen LogP) is 6.87. The number of nitrogens with zero attached hydrogens (tertiary/aromatic N) is 2. The van der Waals surface area contributed by atoms with Crippen LogP contribution in [0.3, 0.4) is 0 Å². The fourth-order valence-electron chi connectivity index (χ4n) is 4.71. The summed E-state index contributed by atoms with van der Waals surface area (Å²) >= 11 is 6.45. The molecule has 0 spiro atoms. The Balaban J connectivity index is 0.00000280. The van der Waals surface area contributed by atoms with Crippen molar-refractivity contribution >= 4 is 70.3 Å². The topological polar surface area (TPSA) is 105 Å². The van der Waals surface area contributed by atoms with Crippen molar-refractivity contribution in [3.05, 3.63) is 64.3 Å². The lowest BCUT2D eigenvalue weighted by atomic mass is 9.87. The van der Waals surface area contributed by atoms with Crippen LogP contribution in [0.4, 0.5) is 23.1 Å². The van der Waals surface area contributed by atoms with Crippen molar-refractivity contribution in [1.82, 2.24) is 15.3 Å². The van der Waals surface area contributed by atoms with Gasteiger partial charge in [-0.3, -0.25) is 0 Å². The Morgan fingerprint density at radius 1 is 1.07 bits per heavy atom. The van der Waals surface area contributed by atoms with Gasteiger partial charge >= 0.3 is 0 Å². The Hall–Kier alpha value is -2.30. The summed E-state index contributed by atoms with van der Waals surface area (Å²) in [7, 11) is -2.72. The van der Waals surface area contributed by atoms with Crippen LogP contribution in [-0.2, 0) is 15.5 Å². The van der Waals surface area contributed by atoms with Crippen molar-refractivity contribution in [2.24, 2.45) is 0 Å². The van der Waals surface area contributed by atoms with E-state index in [4.69, 9.17) is 16.3 Å². The summed E-state index contributed by atoms with van der Waals surface area (Å²) in [5.74, 6) is 1.95. The molecule has 0 unspecified atom stereocenters. The van der Waals surface area contributed by atoms with Crippen LogP contribution in [0, 0.1) is 6.92 Å². The van der Waals surface area contributed by atoms with Crippen LogP contribution in [-0.4, -0.2) is 37.6 Å². The summed E-state index contributed by atoms with van der Waals surface area (Å²) in [5, 5.41) is 10.3. The van der Waals surface area contributed by atoms with Crippen LogP contribution in [0.25, 0.3) is 0 Å². The maximum absolute atomic E-state index is 11.9. The number of piperidine rings is 1. The molecule has 2 aromatic carbocycles. The number of aromatic nitrogens is 2. The number of halogens is 3. The normalized spacial score (nSPS) is 13.9. The fraction of sp³-hybridized carbons (Fsp3) is 0.429. The molecular formula is C28H38Cl3N5O3S. The van der Waals surface area contributed by atoms with E-state index in [2.05, 4.69) is 45.0 Å². The van der Waals surface area contributed by atoms with Crippen LogP contribution in [0.1, 0.15) is 63.1 Å². The molecule has 12 heteroatoms. The zero-order valence-electron chi connectivity index (χ0n) is 23.3. The summed E-state index contributed by atoms with van der Waals surface area (Å²) < 4.78 is 29.0. The van der Waals surface area contributed by atoms with Crippen molar-refractivity contribution in [3.63, 3.8) is 0 Å². The van der Waals surface area contributed by atoms with Crippen LogP contribution in [0.5, 0.6) is 5.75 Å². The number of ether oxygens (including phenoxy) is 1. The third-order valence-electron chi connectivity index (χ3n) is 6.80. The number of anilines is 4. The Labute approximate surface area is 255 Å². The summed E-state index contributed by atoms with van der Waals surface area (Å²) in [4.78, 5) is 9.00. The van der Waals surface area contributed by atoms with E-state index in [-0.39, 0.29) is 30.9 Å². The summed E-state index contributed by atoms with van der Waals surface area (Å²) in [5.41, 5.74) is 4.49. The van der Waals surface area contributed by atoms with Gasteiger partial charge in [-0.2, -0.15) is 4.98 Å². The Kier molecular flexibility index (Phi) is 12.3. The highest BCUT2D eigenvalue weighted by Gasteiger charge is 2.27. The first-order valence-electron chi connectivity index (χ1n) is 12.9. The van der Waals surface area contributed by atoms with E-state index < -0.39 is 15.5 Å². The number of benzene rings is 2. The number of nitrogens with one attached hydrogen (secondary N) is 3. The maximum Gasteiger partial charge on any atom is 0.229 e. The van der Waals surface area contributed by atoms with Gasteiger partial charge in [0.05, 0.1) is 22.7 Å². The largest absolute Gasteiger partial charge is 0.489 e. The standard InChI is InChI=1S/C28H36ClN5O3S.2ClH/c1-17(2)37-25-15-20(19-10-12-30-13-11-19)18(3)14-24(25)33-27-31-16-22(29)26(34-27)32-23-9-7-6-8-21(23)28(4,5)38(35)36;;/h6-9,14-17,19,30,38H,10-13H2,1-5H3,(H2,31,32,33,34);2*1H. The van der Waals surface area contributed by atoms with Gasteiger partial charge < -0.3 is 20.7 Å². The first kappa shape index (κ1) is 33.9. The first-order valence-corrected chi connectivity index (χ1v) is 14.4. The average molecular weight is 631 g/mol. The maximum atomic E-state index is 11.9. The van der Waals surface area contributed by atoms with Gasteiger partial charge in [0.2, 0.25) is 5.95 Å². The van der Waals surface area contributed by atoms with Gasteiger partial charge in [-0.05, 0) is 101 Å². The SMILES string of the molecule is Cc1cc(Nc2ncc(Cl)c(Nc3ccccc3C(C)(C)[SH](=O)=O)n2)c(OC(C)C)cc1C1CCNCC1.Cl.Cl. The molecule has 2 heterocycles. The zero-order chi connectivity index (χ0) is 27.4. The van der Waals surface area contributed by atoms with Crippen molar-refractivity contribution in [1.29, 1.82) is 0 Å². The molecule has 3 N–H and O–H groups in total. The fourth-order valence-corrected chi connectivity index (χ4v) is 5.24. The number of hydrogen-bond acceptors (Lipinski definition) is 8. The molecule has 0 atom stereocenters. The van der Waals surface area contributed by atoms with Crippen LogP contribution in [0.2, 0.25) is 5.02 Å². The lowest BCUT2D eigenvalue weighted by Crippen LogP contribution is -2.27. The number of thiol groups is 1. The molecule has 3 aromatic rings. The minimum absolute atomic E-state index is 0. The number of aryl methyl sites for hydroxylation is 1. The van der Waals surface area contributed by atoms with E-state index in [0.717, 1.165) is 37.4 Å². The highest BCUT2D eigenvalue weighted by atomic mass is 35.5. The van der Waals surface area contributed by atoms with Gasteiger partial charge in [0.15, 0.2) is 5.82 Å². The quantitative estimate of drug-likeness (QED) is 0.190. The van der Waals surface area contributed by atoms with Crippen molar-refractivity contribution < 1.29 is 13.2 Å². The Morgan fingerprint density at radius 3 is 2.40 bits per heavy atom. The molecule has 1 fully saturated rings. The van der Waals surface area contributed by atoms with E-state index in [1.54, 1.807) is 26.0 Å². The zero-order valence-corrected chi connectivity index (χ0v) is 26.6. The monoisotopic (exact) mass is 629 g/mol. The van der Waals surface area contributed by atoms with Gasteiger partial charge in [-0.15, -0.1) is 24.8 Å². The lowest BCUT2D eigenvalue weighted by molar-refractivity contribution is 0.243. The summed E-state index contributed by atoms with van der Waals surface area (Å²) in [6.07, 6.45) is 3.71. The lowest BCUT2D eigenvalue weighted by Gasteiger charge is -2.26. The van der Waals surface area contributed by atoms with Gasteiger partial charge in [0, 0.05) is 5.69 Å². The molecule has 0 amide bonds. The minimum Gasteiger partial charge on any atom is -0.489 e. The smallest absolute Gasteiger partial charge is 0.229 e. The molecule has 1 aromatic heterocycles. The highest BCUT2D eigenvalue weighted by Crippen LogP contribution is 2.38. The predicted molar refractivity (Wildman–Crippen MR) is 170 cm³/mol. The van der Waals surface area contributed by atoms with Crippen LogP contribution in [0.15, 0.2) is 42.6 Å². The third kappa shape index (κ3) is 7.91.